The van der Waals surface area contributed by atoms with Gasteiger partial charge in [0.1, 0.15) is 11.4 Å². The molecule has 0 atom stereocenters. The average Bonchev–Trinajstić information content (AvgIpc) is 3.57. The largest absolute Gasteiger partial charge is 0.491 e. The number of amides is 1. The summed E-state index contributed by atoms with van der Waals surface area (Å²) in [5, 5.41) is 14.6. The van der Waals surface area contributed by atoms with Crippen LogP contribution in [-0.4, -0.2) is 54.1 Å². The van der Waals surface area contributed by atoms with Crippen LogP contribution in [0.2, 0.25) is 0 Å². The quantitative estimate of drug-likeness (QED) is 0.535. The van der Waals surface area contributed by atoms with Gasteiger partial charge in [-0.05, 0) is 57.0 Å². The van der Waals surface area contributed by atoms with E-state index in [1.807, 2.05) is 43.0 Å². The Morgan fingerprint density at radius 1 is 1.13 bits per heavy atom. The topological polar surface area (TPSA) is 88.0 Å². The zero-order valence-electron chi connectivity index (χ0n) is 17.9. The Hall–Kier alpha value is -3.29. The maximum absolute atomic E-state index is 12.9. The third-order valence-electron chi connectivity index (χ3n) is 5.50. The first kappa shape index (κ1) is 21.0. The molecular weight excluding hydrogens is 396 g/mol. The number of ether oxygens (including phenoxy) is 1. The fraction of sp³-hybridized carbons (Fsp3) is 0.435. The third-order valence-corrected chi connectivity index (χ3v) is 5.50. The lowest BCUT2D eigenvalue weighted by atomic mass is 10.1. The van der Waals surface area contributed by atoms with Gasteiger partial charge in [-0.2, -0.15) is 0 Å². The van der Waals surface area contributed by atoms with Crippen LogP contribution in [0.15, 0.2) is 42.5 Å². The van der Waals surface area contributed by atoms with Crippen LogP contribution < -0.4 is 15.0 Å². The molecule has 2 aromatic rings. The van der Waals surface area contributed by atoms with E-state index < -0.39 is 0 Å². The third kappa shape index (κ3) is 5.07. The number of carbonyl (C=O) groups is 1. The molecule has 0 bridgehead atoms. The van der Waals surface area contributed by atoms with Gasteiger partial charge in [0.05, 0.1) is 11.0 Å². The predicted octanol–water partition coefficient (Wildman–Crippen LogP) is 3.92. The van der Waals surface area contributed by atoms with Gasteiger partial charge < -0.3 is 19.9 Å². The highest BCUT2D eigenvalue weighted by Crippen LogP contribution is 2.34. The summed E-state index contributed by atoms with van der Waals surface area (Å²) >= 11 is 0. The van der Waals surface area contributed by atoms with Crippen molar-refractivity contribution in [2.24, 2.45) is 0 Å². The number of nitrogens with zero attached hydrogens (tertiary/aromatic N) is 3. The molecule has 0 unspecified atom stereocenters. The van der Waals surface area contributed by atoms with E-state index in [0.29, 0.717) is 49.2 Å². The first-order valence-electron chi connectivity index (χ1n) is 10.8. The van der Waals surface area contributed by atoms with Crippen molar-refractivity contribution in [2.75, 3.05) is 36.4 Å². The molecule has 1 aliphatic carbocycles. The second-order valence-electron chi connectivity index (χ2n) is 8.35. The molecule has 31 heavy (non-hydrogen) atoms. The molecule has 2 aliphatic rings. The van der Waals surface area contributed by atoms with E-state index in [2.05, 4.69) is 10.2 Å². The Morgan fingerprint density at radius 2 is 1.87 bits per heavy atom. The summed E-state index contributed by atoms with van der Waals surface area (Å²) in [5.41, 5.74) is 2.24. The minimum Gasteiger partial charge on any atom is -0.491 e. The normalized spacial score (nSPS) is 16.4. The van der Waals surface area contributed by atoms with Crippen molar-refractivity contribution >= 4 is 23.0 Å². The first-order chi connectivity index (χ1) is 14.9. The Morgan fingerprint density at radius 3 is 2.52 bits per heavy atom. The number of benzene rings is 2. The van der Waals surface area contributed by atoms with E-state index in [1.54, 1.807) is 18.2 Å². The van der Waals surface area contributed by atoms with Crippen LogP contribution >= 0.6 is 0 Å². The van der Waals surface area contributed by atoms with E-state index in [4.69, 9.17) is 4.74 Å². The summed E-state index contributed by atoms with van der Waals surface area (Å²) in [6, 6.07) is 12.9. The number of rotatable bonds is 7. The van der Waals surface area contributed by atoms with Crippen molar-refractivity contribution in [2.45, 2.75) is 38.8 Å². The fourth-order valence-electron chi connectivity index (χ4n) is 3.77. The van der Waals surface area contributed by atoms with Gasteiger partial charge in [0, 0.05) is 49.5 Å². The summed E-state index contributed by atoms with van der Waals surface area (Å²) in [5.74, 6) is 0.690. The molecule has 1 aliphatic heterocycles. The summed E-state index contributed by atoms with van der Waals surface area (Å²) in [6.07, 6.45) is 2.15. The number of anilines is 2. The van der Waals surface area contributed by atoms with Gasteiger partial charge in [0.25, 0.3) is 11.6 Å². The standard InChI is InChI=1S/C23H28N4O4/c1-16(2)31-20-5-3-4-17(14-20)23(28)26-12-10-25(11-13-26)19-8-9-22(27(29)30)21(15-19)24-18-6-7-18/h3-5,8-9,14-16,18,24H,6-7,10-13H2,1-2H3. The summed E-state index contributed by atoms with van der Waals surface area (Å²) in [4.78, 5) is 28.0. The van der Waals surface area contributed by atoms with Crippen molar-refractivity contribution < 1.29 is 14.5 Å². The number of hydrogen-bond donors (Lipinski definition) is 1. The van der Waals surface area contributed by atoms with E-state index in [-0.39, 0.29) is 22.6 Å². The zero-order valence-corrected chi connectivity index (χ0v) is 17.9. The molecule has 0 aromatic heterocycles. The van der Waals surface area contributed by atoms with Crippen molar-refractivity contribution in [1.82, 2.24) is 4.90 Å². The van der Waals surface area contributed by atoms with Crippen molar-refractivity contribution in [1.29, 1.82) is 0 Å². The molecule has 0 radical (unpaired) electrons. The van der Waals surface area contributed by atoms with E-state index in [1.165, 1.54) is 0 Å². The minimum absolute atomic E-state index is 0.00588. The zero-order chi connectivity index (χ0) is 22.0. The maximum Gasteiger partial charge on any atom is 0.292 e. The molecule has 1 N–H and O–H groups in total. The number of nitro benzene ring substituents is 1. The van der Waals surface area contributed by atoms with Crippen LogP contribution in [0.4, 0.5) is 17.1 Å². The molecular formula is C23H28N4O4. The van der Waals surface area contributed by atoms with E-state index in [9.17, 15) is 14.9 Å². The molecule has 1 saturated carbocycles. The van der Waals surface area contributed by atoms with Gasteiger partial charge in [-0.15, -0.1) is 0 Å². The van der Waals surface area contributed by atoms with Gasteiger partial charge in [0.15, 0.2) is 0 Å². The summed E-state index contributed by atoms with van der Waals surface area (Å²) < 4.78 is 5.70. The van der Waals surface area contributed by atoms with Gasteiger partial charge >= 0.3 is 0 Å². The second kappa shape index (κ2) is 8.83. The molecule has 0 spiro atoms. The highest BCUT2D eigenvalue weighted by atomic mass is 16.6. The Kier molecular flexibility index (Phi) is 5.97. The Bertz CT molecular complexity index is 966. The number of carbonyl (C=O) groups excluding carboxylic acids is 1. The van der Waals surface area contributed by atoms with Crippen LogP contribution in [0.3, 0.4) is 0 Å². The molecule has 1 amide bonds. The minimum atomic E-state index is -0.345. The van der Waals surface area contributed by atoms with Crippen LogP contribution in [0, 0.1) is 10.1 Å². The second-order valence-corrected chi connectivity index (χ2v) is 8.35. The van der Waals surface area contributed by atoms with Crippen LogP contribution in [0.25, 0.3) is 0 Å². The lowest BCUT2D eigenvalue weighted by molar-refractivity contribution is -0.384. The molecule has 2 fully saturated rings. The van der Waals surface area contributed by atoms with Crippen molar-refractivity contribution in [3.63, 3.8) is 0 Å². The van der Waals surface area contributed by atoms with E-state index in [0.717, 1.165) is 18.5 Å². The predicted molar refractivity (Wildman–Crippen MR) is 120 cm³/mol. The number of nitrogens with one attached hydrogen (secondary N) is 1. The molecule has 4 rings (SSSR count). The number of hydrogen-bond acceptors (Lipinski definition) is 6. The van der Waals surface area contributed by atoms with Crippen molar-refractivity contribution in [3.05, 3.63) is 58.1 Å². The first-order valence-corrected chi connectivity index (χ1v) is 10.8. The summed E-state index contributed by atoms with van der Waals surface area (Å²) in [6.45, 7) is 6.45. The number of piperazine rings is 1. The molecule has 1 saturated heterocycles. The molecule has 164 valence electrons. The lowest BCUT2D eigenvalue weighted by Crippen LogP contribution is -2.48. The highest BCUT2D eigenvalue weighted by Gasteiger charge is 2.27. The fourth-order valence-corrected chi connectivity index (χ4v) is 3.77. The van der Waals surface area contributed by atoms with Gasteiger partial charge in [0.2, 0.25) is 0 Å². The lowest BCUT2D eigenvalue weighted by Gasteiger charge is -2.36. The molecule has 1 heterocycles. The monoisotopic (exact) mass is 424 g/mol. The number of nitro groups is 1. The van der Waals surface area contributed by atoms with E-state index >= 15 is 0 Å². The smallest absolute Gasteiger partial charge is 0.292 e. The van der Waals surface area contributed by atoms with Gasteiger partial charge in [-0.25, -0.2) is 0 Å². The molecule has 2 aromatic carbocycles. The van der Waals surface area contributed by atoms with Crippen molar-refractivity contribution in [3.8, 4) is 5.75 Å². The Balaban J connectivity index is 1.41. The van der Waals surface area contributed by atoms with Crippen LogP contribution in [0.1, 0.15) is 37.0 Å². The summed E-state index contributed by atoms with van der Waals surface area (Å²) in [7, 11) is 0. The van der Waals surface area contributed by atoms with Gasteiger partial charge in [-0.1, -0.05) is 6.07 Å². The van der Waals surface area contributed by atoms with Crippen LogP contribution in [-0.2, 0) is 0 Å². The SMILES string of the molecule is CC(C)Oc1cccc(C(=O)N2CCN(c3ccc([N+](=O)[O-])c(NC4CC4)c3)CC2)c1. The molecule has 8 heteroatoms. The highest BCUT2D eigenvalue weighted by molar-refractivity contribution is 5.94. The Labute approximate surface area is 181 Å². The van der Waals surface area contributed by atoms with Crippen LogP contribution in [0.5, 0.6) is 5.75 Å². The average molecular weight is 425 g/mol. The maximum atomic E-state index is 12.9. The molecule has 8 nitrogen and oxygen atoms in total. The van der Waals surface area contributed by atoms with Gasteiger partial charge in [-0.3, -0.25) is 14.9 Å².